The summed E-state index contributed by atoms with van der Waals surface area (Å²) < 4.78 is 19.5. The van der Waals surface area contributed by atoms with Crippen LogP contribution in [0.25, 0.3) is 0 Å². The zero-order valence-corrected chi connectivity index (χ0v) is 16.1. The molecule has 0 atom stereocenters. The number of carbonyl (C=O) groups is 2. The predicted octanol–water partition coefficient (Wildman–Crippen LogP) is 0.251. The average Bonchev–Trinajstić information content (AvgIpc) is 2.99. The molecule has 0 aromatic heterocycles. The van der Waals surface area contributed by atoms with Crippen molar-refractivity contribution in [2.75, 3.05) is 70.2 Å². The van der Waals surface area contributed by atoms with Gasteiger partial charge in [0.1, 0.15) is 11.5 Å². The number of carbonyl (C=O) groups excluding carboxylic acids is 2. The van der Waals surface area contributed by atoms with Gasteiger partial charge in [0.15, 0.2) is 0 Å². The minimum atomic E-state index is -0.631. The third-order valence-corrected chi connectivity index (χ3v) is 5.02. The van der Waals surface area contributed by atoms with Crippen molar-refractivity contribution in [3.63, 3.8) is 0 Å². The highest BCUT2D eigenvalue weighted by molar-refractivity contribution is 6.09. The molecule has 3 rings (SSSR count). The number of nitrogens with one attached hydrogen (secondary N) is 1. The van der Waals surface area contributed by atoms with Crippen LogP contribution in [0.2, 0.25) is 0 Å². The van der Waals surface area contributed by atoms with Gasteiger partial charge in [0.05, 0.1) is 37.2 Å². The summed E-state index contributed by atoms with van der Waals surface area (Å²) >= 11 is 0. The number of rotatable bonds is 6. The Morgan fingerprint density at radius 2 is 2.00 bits per heavy atom. The minimum absolute atomic E-state index is 0.0353. The van der Waals surface area contributed by atoms with Gasteiger partial charge >= 0.3 is 5.97 Å². The molecule has 0 radical (unpaired) electrons. The molecule has 1 aromatic rings. The molecule has 9 heteroatoms. The summed E-state index contributed by atoms with van der Waals surface area (Å²) in [6.45, 7) is 2.81. The van der Waals surface area contributed by atoms with E-state index in [0.29, 0.717) is 24.5 Å². The highest BCUT2D eigenvalue weighted by Crippen LogP contribution is 2.33. The number of aliphatic hydroxyl groups is 1. The zero-order chi connectivity index (χ0) is 20.3. The van der Waals surface area contributed by atoms with E-state index in [1.165, 1.54) is 18.1 Å². The highest BCUT2D eigenvalue weighted by atomic mass is 19.1. The van der Waals surface area contributed by atoms with E-state index in [4.69, 9.17) is 9.84 Å². The Balaban J connectivity index is 1.94. The van der Waals surface area contributed by atoms with Crippen LogP contribution < -0.4 is 10.2 Å². The van der Waals surface area contributed by atoms with Gasteiger partial charge in [0.2, 0.25) is 0 Å². The van der Waals surface area contributed by atoms with Gasteiger partial charge in [-0.2, -0.15) is 0 Å². The van der Waals surface area contributed by atoms with Gasteiger partial charge in [-0.15, -0.1) is 0 Å². The van der Waals surface area contributed by atoms with E-state index < -0.39 is 17.7 Å². The number of nitrogens with zero attached hydrogens (tertiary/aromatic N) is 3. The average molecular weight is 392 g/mol. The zero-order valence-electron chi connectivity index (χ0n) is 16.1. The molecular weight excluding hydrogens is 367 g/mol. The van der Waals surface area contributed by atoms with Gasteiger partial charge in [0, 0.05) is 32.7 Å². The van der Waals surface area contributed by atoms with Crippen LogP contribution in [0.15, 0.2) is 29.5 Å². The Morgan fingerprint density at radius 1 is 1.29 bits per heavy atom. The molecule has 2 heterocycles. The van der Waals surface area contributed by atoms with Crippen LogP contribution >= 0.6 is 0 Å². The summed E-state index contributed by atoms with van der Waals surface area (Å²) in [7, 11) is 3.25. The topological polar surface area (TPSA) is 85.4 Å². The van der Waals surface area contributed by atoms with Crippen molar-refractivity contribution in [3.05, 3.63) is 35.3 Å². The monoisotopic (exact) mass is 392 g/mol. The third kappa shape index (κ3) is 3.95. The Labute approximate surface area is 163 Å². The molecular formula is C19H25FN4O4. The molecule has 0 saturated carbocycles. The summed E-state index contributed by atoms with van der Waals surface area (Å²) in [5.41, 5.74) is 1.01. The van der Waals surface area contributed by atoms with E-state index in [9.17, 15) is 14.0 Å². The lowest BCUT2D eigenvalue weighted by Gasteiger charge is -2.35. The summed E-state index contributed by atoms with van der Waals surface area (Å²) in [6, 6.07) is 4.62. The number of para-hydroxylation sites is 1. The van der Waals surface area contributed by atoms with Crippen LogP contribution in [0.1, 0.15) is 0 Å². The van der Waals surface area contributed by atoms with E-state index >= 15 is 0 Å². The number of benzene rings is 1. The second-order valence-electron chi connectivity index (χ2n) is 6.85. The maximum atomic E-state index is 14.7. The number of ether oxygens (including phenoxy) is 1. The first kappa shape index (κ1) is 20.1. The number of hydrogen-bond acceptors (Lipinski definition) is 7. The molecule has 0 aliphatic carbocycles. The largest absolute Gasteiger partial charge is 0.466 e. The number of likely N-dealkylation sites (N-methyl/N-ethyl adjacent to an activating group) is 1. The SMILES string of the molecule is COC(=O)C1=C(Nc2cccc(F)c2N2CCN(C)CC2)C(=O)N(CCO)C1. The Morgan fingerprint density at radius 3 is 2.64 bits per heavy atom. The van der Waals surface area contributed by atoms with Crippen LogP contribution in [0.4, 0.5) is 15.8 Å². The highest BCUT2D eigenvalue weighted by Gasteiger charge is 2.35. The predicted molar refractivity (Wildman–Crippen MR) is 102 cm³/mol. The molecule has 1 fully saturated rings. The molecule has 0 unspecified atom stereocenters. The minimum Gasteiger partial charge on any atom is -0.466 e. The maximum absolute atomic E-state index is 14.7. The molecule has 1 aromatic carbocycles. The number of halogens is 1. The normalized spacial score (nSPS) is 18.1. The first-order chi connectivity index (χ1) is 13.5. The van der Waals surface area contributed by atoms with Crippen LogP contribution in [-0.2, 0) is 14.3 Å². The Hall–Kier alpha value is -2.65. The second-order valence-corrected chi connectivity index (χ2v) is 6.85. The molecule has 0 spiro atoms. The van der Waals surface area contributed by atoms with Crippen molar-refractivity contribution in [1.82, 2.24) is 9.80 Å². The number of amides is 1. The molecule has 1 amide bonds. The van der Waals surface area contributed by atoms with Crippen LogP contribution in [0, 0.1) is 5.82 Å². The number of β-amino-alcohol motifs (C(OH)–C–C–N with tert-alkyl or cyclic N) is 1. The van der Waals surface area contributed by atoms with E-state index in [2.05, 4.69) is 10.2 Å². The van der Waals surface area contributed by atoms with Crippen molar-refractivity contribution in [2.45, 2.75) is 0 Å². The first-order valence-corrected chi connectivity index (χ1v) is 9.17. The number of hydrogen-bond donors (Lipinski definition) is 2. The molecule has 2 aliphatic rings. The fourth-order valence-electron chi connectivity index (χ4n) is 3.45. The lowest BCUT2D eigenvalue weighted by atomic mass is 10.1. The van der Waals surface area contributed by atoms with Crippen LogP contribution in [-0.4, -0.2) is 86.8 Å². The number of anilines is 2. The fourth-order valence-corrected chi connectivity index (χ4v) is 3.45. The van der Waals surface area contributed by atoms with Crippen molar-refractivity contribution in [1.29, 1.82) is 0 Å². The molecule has 8 nitrogen and oxygen atoms in total. The van der Waals surface area contributed by atoms with E-state index in [1.54, 1.807) is 12.1 Å². The standard InChI is InChI=1S/C19H25FN4O4/c1-22-6-8-23(9-7-22)17-14(20)4-3-5-15(17)21-16-13(19(27)28-2)12-24(10-11-25)18(16)26/h3-5,21,25H,6-12H2,1-2H3. The van der Waals surface area contributed by atoms with Gasteiger partial charge < -0.3 is 29.9 Å². The van der Waals surface area contributed by atoms with Gasteiger partial charge in [-0.25, -0.2) is 9.18 Å². The van der Waals surface area contributed by atoms with E-state index in [1.807, 2.05) is 11.9 Å². The van der Waals surface area contributed by atoms with Gasteiger partial charge in [0.25, 0.3) is 5.91 Å². The summed E-state index contributed by atoms with van der Waals surface area (Å²) in [4.78, 5) is 30.3. The maximum Gasteiger partial charge on any atom is 0.337 e. The number of methoxy groups -OCH3 is 1. The van der Waals surface area contributed by atoms with Gasteiger partial charge in [-0.05, 0) is 19.2 Å². The first-order valence-electron chi connectivity index (χ1n) is 9.17. The fraction of sp³-hybridized carbons (Fsp3) is 0.474. The molecule has 152 valence electrons. The second kappa shape index (κ2) is 8.57. The van der Waals surface area contributed by atoms with Crippen molar-refractivity contribution in [2.24, 2.45) is 0 Å². The van der Waals surface area contributed by atoms with E-state index in [-0.39, 0.29) is 31.0 Å². The molecule has 2 N–H and O–H groups in total. The number of esters is 1. The van der Waals surface area contributed by atoms with Crippen LogP contribution in [0.3, 0.4) is 0 Å². The quantitative estimate of drug-likeness (QED) is 0.672. The smallest absolute Gasteiger partial charge is 0.337 e. The number of aliphatic hydroxyl groups excluding tert-OH is 1. The lowest BCUT2D eigenvalue weighted by Crippen LogP contribution is -2.45. The van der Waals surface area contributed by atoms with Crippen molar-refractivity contribution >= 4 is 23.3 Å². The Kier molecular flexibility index (Phi) is 6.15. The number of piperazine rings is 1. The van der Waals surface area contributed by atoms with Crippen LogP contribution in [0.5, 0.6) is 0 Å². The Bertz CT molecular complexity index is 790. The van der Waals surface area contributed by atoms with Gasteiger partial charge in [-0.3, -0.25) is 4.79 Å². The summed E-state index contributed by atoms with van der Waals surface area (Å²) in [5, 5.41) is 12.1. The van der Waals surface area contributed by atoms with Crippen molar-refractivity contribution < 1.29 is 23.8 Å². The van der Waals surface area contributed by atoms with Crippen molar-refractivity contribution in [3.8, 4) is 0 Å². The van der Waals surface area contributed by atoms with E-state index in [0.717, 1.165) is 13.1 Å². The summed E-state index contributed by atoms with van der Waals surface area (Å²) in [5.74, 6) is -1.45. The molecule has 2 aliphatic heterocycles. The lowest BCUT2D eigenvalue weighted by molar-refractivity contribution is -0.136. The third-order valence-electron chi connectivity index (χ3n) is 5.02. The molecule has 28 heavy (non-hydrogen) atoms. The molecule has 0 bridgehead atoms. The van der Waals surface area contributed by atoms with Gasteiger partial charge in [-0.1, -0.05) is 6.07 Å². The molecule has 1 saturated heterocycles. The summed E-state index contributed by atoms with van der Waals surface area (Å²) in [6.07, 6.45) is 0.